The first-order valence-electron chi connectivity index (χ1n) is 2.47. The molecule has 0 fully saturated rings. The molecule has 10 heavy (non-hydrogen) atoms. The van der Waals surface area contributed by atoms with Crippen molar-refractivity contribution in [3.63, 3.8) is 0 Å². The standard InChI is InChI=1S/C5H6F3NO/c1-4(2,9-3-10)5(6,7)8/h1-2H3. The van der Waals surface area contributed by atoms with Crippen LogP contribution >= 0.6 is 0 Å². The molecular weight excluding hydrogens is 147 g/mol. The second-order valence-corrected chi connectivity index (χ2v) is 2.26. The molecule has 0 saturated carbocycles. The zero-order valence-electron chi connectivity index (χ0n) is 5.49. The van der Waals surface area contributed by atoms with Gasteiger partial charge in [-0.15, -0.1) is 0 Å². The Bertz CT molecular complexity index is 166. The second kappa shape index (κ2) is 2.42. The van der Waals surface area contributed by atoms with Crippen LogP contribution in [0.25, 0.3) is 0 Å². The quantitative estimate of drug-likeness (QED) is 0.416. The van der Waals surface area contributed by atoms with Gasteiger partial charge in [-0.1, -0.05) is 0 Å². The van der Waals surface area contributed by atoms with Gasteiger partial charge in [0, 0.05) is 0 Å². The fourth-order valence-electron chi connectivity index (χ4n) is 0.177. The van der Waals surface area contributed by atoms with Crippen molar-refractivity contribution in [1.82, 2.24) is 0 Å². The third-order valence-electron chi connectivity index (χ3n) is 1.02. The highest BCUT2D eigenvalue weighted by Crippen LogP contribution is 2.32. The molecule has 0 aliphatic carbocycles. The molecule has 0 saturated heterocycles. The van der Waals surface area contributed by atoms with Gasteiger partial charge in [-0.25, -0.2) is 4.79 Å². The molecule has 0 aromatic rings. The molecule has 0 aromatic heterocycles. The van der Waals surface area contributed by atoms with Crippen molar-refractivity contribution in [2.24, 2.45) is 4.99 Å². The highest BCUT2D eigenvalue weighted by molar-refractivity contribution is 5.34. The van der Waals surface area contributed by atoms with Gasteiger partial charge in [0.2, 0.25) is 6.08 Å². The molecular formula is C5H6F3NO. The van der Waals surface area contributed by atoms with Gasteiger partial charge in [0.1, 0.15) is 0 Å². The van der Waals surface area contributed by atoms with E-state index in [0.29, 0.717) is 0 Å². The van der Waals surface area contributed by atoms with Crippen LogP contribution in [0.2, 0.25) is 0 Å². The lowest BCUT2D eigenvalue weighted by Gasteiger charge is -2.20. The molecule has 5 heteroatoms. The van der Waals surface area contributed by atoms with Crippen molar-refractivity contribution in [3.05, 3.63) is 0 Å². The summed E-state index contributed by atoms with van der Waals surface area (Å²) in [5.41, 5.74) is -2.31. The third kappa shape index (κ3) is 1.84. The minimum Gasteiger partial charge on any atom is -0.211 e. The van der Waals surface area contributed by atoms with E-state index in [2.05, 4.69) is 4.99 Å². The van der Waals surface area contributed by atoms with Crippen molar-refractivity contribution < 1.29 is 18.0 Å². The Kier molecular flexibility index (Phi) is 2.22. The average molecular weight is 153 g/mol. The van der Waals surface area contributed by atoms with Gasteiger partial charge < -0.3 is 0 Å². The third-order valence-corrected chi connectivity index (χ3v) is 1.02. The van der Waals surface area contributed by atoms with Gasteiger partial charge in [-0.3, -0.25) is 0 Å². The predicted molar refractivity (Wildman–Crippen MR) is 28.3 cm³/mol. The van der Waals surface area contributed by atoms with E-state index in [1.807, 2.05) is 0 Å². The smallest absolute Gasteiger partial charge is 0.211 e. The number of isocyanates is 1. The number of hydrogen-bond donors (Lipinski definition) is 0. The summed E-state index contributed by atoms with van der Waals surface area (Å²) in [4.78, 5) is 12.1. The number of halogens is 3. The molecule has 0 unspecified atom stereocenters. The fourth-order valence-corrected chi connectivity index (χ4v) is 0.177. The predicted octanol–water partition coefficient (Wildman–Crippen LogP) is 1.66. The first kappa shape index (κ1) is 9.17. The summed E-state index contributed by atoms with van der Waals surface area (Å²) in [6.45, 7) is 1.61. The Morgan fingerprint density at radius 3 is 1.80 bits per heavy atom. The summed E-state index contributed by atoms with van der Waals surface area (Å²) in [5.74, 6) is 0. The van der Waals surface area contributed by atoms with Crippen LogP contribution in [0, 0.1) is 0 Å². The first-order chi connectivity index (χ1) is 4.31. The summed E-state index contributed by atoms with van der Waals surface area (Å²) in [6.07, 6.45) is -3.61. The number of rotatable bonds is 1. The van der Waals surface area contributed by atoms with Gasteiger partial charge in [0.25, 0.3) is 0 Å². The molecule has 0 aliphatic rings. The Balaban J connectivity index is 4.56. The van der Waals surface area contributed by atoms with E-state index >= 15 is 0 Å². The minimum atomic E-state index is -4.48. The zero-order valence-corrected chi connectivity index (χ0v) is 5.49. The van der Waals surface area contributed by atoms with E-state index in [1.165, 1.54) is 0 Å². The molecule has 0 N–H and O–H groups in total. The summed E-state index contributed by atoms with van der Waals surface area (Å²) >= 11 is 0. The van der Waals surface area contributed by atoms with Gasteiger partial charge in [-0.05, 0) is 13.8 Å². The molecule has 0 heterocycles. The lowest BCUT2D eigenvalue weighted by molar-refractivity contribution is -0.174. The lowest BCUT2D eigenvalue weighted by Crippen LogP contribution is -2.36. The van der Waals surface area contributed by atoms with Gasteiger partial charge in [0.05, 0.1) is 0 Å². The molecule has 2 nitrogen and oxygen atoms in total. The fraction of sp³-hybridized carbons (Fsp3) is 0.800. The maximum Gasteiger partial charge on any atom is 0.413 e. The van der Waals surface area contributed by atoms with Crippen LogP contribution in [-0.4, -0.2) is 17.8 Å². The minimum absolute atomic E-state index is 0.803. The summed E-state index contributed by atoms with van der Waals surface area (Å²) in [5, 5.41) is 0. The molecule has 0 radical (unpaired) electrons. The first-order valence-corrected chi connectivity index (χ1v) is 2.47. The maximum atomic E-state index is 11.7. The molecule has 0 rings (SSSR count). The summed E-state index contributed by atoms with van der Waals surface area (Å²) in [7, 11) is 0. The van der Waals surface area contributed by atoms with E-state index in [0.717, 1.165) is 19.9 Å². The summed E-state index contributed by atoms with van der Waals surface area (Å²) in [6, 6.07) is 0. The Morgan fingerprint density at radius 1 is 1.30 bits per heavy atom. The lowest BCUT2D eigenvalue weighted by atomic mass is 10.1. The van der Waals surface area contributed by atoms with Crippen LogP contribution in [0.1, 0.15) is 13.8 Å². The number of aliphatic imine (C=N–C) groups is 1. The Morgan fingerprint density at radius 2 is 1.70 bits per heavy atom. The van der Waals surface area contributed by atoms with E-state index in [-0.39, 0.29) is 0 Å². The van der Waals surface area contributed by atoms with E-state index in [4.69, 9.17) is 0 Å². The van der Waals surface area contributed by atoms with Crippen LogP contribution in [0.5, 0.6) is 0 Å². The average Bonchev–Trinajstić information content (AvgIpc) is 1.61. The van der Waals surface area contributed by atoms with Crippen LogP contribution in [0.4, 0.5) is 13.2 Å². The van der Waals surface area contributed by atoms with Gasteiger partial charge in [0.15, 0.2) is 5.54 Å². The number of carbonyl (C=O) groups excluding carboxylic acids is 1. The molecule has 0 spiro atoms. The van der Waals surface area contributed by atoms with Crippen molar-refractivity contribution in [1.29, 1.82) is 0 Å². The highest BCUT2D eigenvalue weighted by Gasteiger charge is 2.47. The number of hydrogen-bond acceptors (Lipinski definition) is 2. The Labute approximate surface area is 55.8 Å². The van der Waals surface area contributed by atoms with E-state index in [9.17, 15) is 18.0 Å². The monoisotopic (exact) mass is 153 g/mol. The van der Waals surface area contributed by atoms with Gasteiger partial charge in [-0.2, -0.15) is 18.2 Å². The van der Waals surface area contributed by atoms with Crippen LogP contribution in [-0.2, 0) is 4.79 Å². The maximum absolute atomic E-state index is 11.7. The van der Waals surface area contributed by atoms with Crippen LogP contribution in [0.3, 0.4) is 0 Å². The largest absolute Gasteiger partial charge is 0.413 e. The molecule has 58 valence electrons. The molecule has 0 atom stereocenters. The van der Waals surface area contributed by atoms with E-state index < -0.39 is 11.7 Å². The zero-order chi connectivity index (χ0) is 8.41. The molecule has 0 aliphatic heterocycles. The van der Waals surface area contributed by atoms with Crippen LogP contribution < -0.4 is 0 Å². The van der Waals surface area contributed by atoms with Crippen molar-refractivity contribution in [2.45, 2.75) is 25.6 Å². The van der Waals surface area contributed by atoms with Crippen molar-refractivity contribution in [2.75, 3.05) is 0 Å². The summed E-state index contributed by atoms with van der Waals surface area (Å²) < 4.78 is 35.2. The van der Waals surface area contributed by atoms with E-state index in [1.54, 1.807) is 0 Å². The normalized spacial score (nSPS) is 12.5. The van der Waals surface area contributed by atoms with Crippen LogP contribution in [0.15, 0.2) is 4.99 Å². The number of alkyl halides is 3. The highest BCUT2D eigenvalue weighted by atomic mass is 19.4. The second-order valence-electron chi connectivity index (χ2n) is 2.26. The number of nitrogens with zero attached hydrogens (tertiary/aromatic N) is 1. The van der Waals surface area contributed by atoms with Crippen molar-refractivity contribution >= 4 is 6.08 Å². The SMILES string of the molecule is CC(C)(N=C=O)C(F)(F)F. The Hall–Kier alpha value is -0.830. The topological polar surface area (TPSA) is 29.4 Å². The molecule has 0 aromatic carbocycles. The molecule has 0 amide bonds. The molecule has 0 bridgehead atoms. The van der Waals surface area contributed by atoms with Gasteiger partial charge >= 0.3 is 6.18 Å². The van der Waals surface area contributed by atoms with Crippen molar-refractivity contribution in [3.8, 4) is 0 Å².